The lowest BCUT2D eigenvalue weighted by molar-refractivity contribution is -0.900. The van der Waals surface area contributed by atoms with Crippen molar-refractivity contribution in [1.82, 2.24) is 0 Å². The van der Waals surface area contributed by atoms with Crippen LogP contribution >= 0.6 is 143 Å². The number of halogens is 9. The molecule has 16 heteroatoms. The summed E-state index contributed by atoms with van der Waals surface area (Å²) in [5, 5.41) is 0. The molecule has 0 bridgehead atoms. The van der Waals surface area contributed by atoms with Gasteiger partial charge in [0.1, 0.15) is 39.5 Å². The molecule has 0 spiro atoms. The highest BCUT2D eigenvalue weighted by Crippen LogP contribution is 2.35. The van der Waals surface area contributed by atoms with Gasteiger partial charge in [0.25, 0.3) is 0 Å². The monoisotopic (exact) mass is 977 g/mol. The van der Waals surface area contributed by atoms with Crippen LogP contribution in [0.25, 0.3) is 0 Å². The number of quaternary nitrogens is 1. The number of hydrogen-bond donors (Lipinski definition) is 1. The highest BCUT2D eigenvalue weighted by Gasteiger charge is 2.33. The first-order chi connectivity index (χ1) is 12.5. The largest absolute Gasteiger partial charge is 0.457 e. The number of hydrogen-bond acceptors (Lipinski definition) is 6. The van der Waals surface area contributed by atoms with E-state index in [0.717, 1.165) is 4.90 Å². The zero-order chi connectivity index (χ0) is 22.2. The Morgan fingerprint density at radius 2 is 0.750 bits per heavy atom. The highest BCUT2D eigenvalue weighted by atomic mass is 80.0. The molecule has 0 fully saturated rings. The maximum atomic E-state index is 11.7. The molecule has 0 amide bonds. The van der Waals surface area contributed by atoms with E-state index in [4.69, 9.17) is 14.2 Å². The van der Waals surface area contributed by atoms with Crippen molar-refractivity contribution in [3.8, 4) is 0 Å². The molecule has 0 aliphatic carbocycles. The quantitative estimate of drug-likeness (QED) is 0.214. The van der Waals surface area contributed by atoms with Crippen LogP contribution in [0, 0.1) is 0 Å². The van der Waals surface area contributed by atoms with Crippen LogP contribution in [0.2, 0.25) is 0 Å². The lowest BCUT2D eigenvalue weighted by Gasteiger charge is -2.21. The van der Waals surface area contributed by atoms with Gasteiger partial charge in [0.05, 0.1) is 0 Å². The fourth-order valence-corrected chi connectivity index (χ4v) is 2.51. The van der Waals surface area contributed by atoms with Crippen molar-refractivity contribution in [3.63, 3.8) is 0 Å². The fraction of sp³-hybridized carbons (Fsp3) is 0.750. The Bertz CT molecular complexity index is 467. The fourth-order valence-electron chi connectivity index (χ4n) is 1.48. The summed E-state index contributed by atoms with van der Waals surface area (Å²) in [6.45, 7) is 1.56. The van der Waals surface area contributed by atoms with E-state index in [1.54, 1.807) is 0 Å². The number of rotatable bonds is 9. The van der Waals surface area contributed by atoms with Gasteiger partial charge in [-0.05, 0) is 143 Å². The van der Waals surface area contributed by atoms with Gasteiger partial charge in [-0.25, -0.2) is 14.4 Å². The van der Waals surface area contributed by atoms with Crippen LogP contribution in [-0.2, 0) is 28.6 Å². The molecular weight excluding hydrogens is 973 g/mol. The molecule has 28 heavy (non-hydrogen) atoms. The molecule has 0 saturated heterocycles. The molecule has 0 rings (SSSR count). The second-order valence-corrected chi connectivity index (χ2v) is 25.2. The molecule has 0 unspecified atom stereocenters. The number of nitrogens with one attached hydrogen (secondary N) is 1. The van der Waals surface area contributed by atoms with Gasteiger partial charge in [0.15, 0.2) is 0 Å². The Balaban J connectivity index is 4.58. The molecule has 0 aliphatic heterocycles. The van der Waals surface area contributed by atoms with Crippen molar-refractivity contribution in [1.29, 1.82) is 0 Å². The Labute approximate surface area is 237 Å². The summed E-state index contributed by atoms with van der Waals surface area (Å²) < 4.78 is 12.0. The summed E-state index contributed by atoms with van der Waals surface area (Å²) in [6, 6.07) is 0. The van der Waals surface area contributed by atoms with Crippen LogP contribution in [0.3, 0.4) is 0 Å². The van der Waals surface area contributed by atoms with Crippen molar-refractivity contribution in [2.45, 2.75) is 6.43 Å². The minimum atomic E-state index is -1.14. The van der Waals surface area contributed by atoms with Gasteiger partial charge < -0.3 is 19.1 Å². The third-order valence-corrected chi connectivity index (χ3v) is 5.67. The predicted molar refractivity (Wildman–Crippen MR) is 137 cm³/mol. The molecule has 0 aromatic rings. The van der Waals surface area contributed by atoms with E-state index in [2.05, 4.69) is 143 Å². The lowest BCUT2D eigenvalue weighted by Crippen LogP contribution is -3.13. The van der Waals surface area contributed by atoms with Gasteiger partial charge >= 0.3 is 17.9 Å². The lowest BCUT2D eigenvalue weighted by atomic mass is 10.4. The SMILES string of the molecule is O=C(OCC[NH+](CCOC(=O)C(Br)(Br)Br)CCOC(=O)C(Br)(Br)Br)C(Br)(Br)Br. The minimum absolute atomic E-state index is 0.110. The van der Waals surface area contributed by atoms with Gasteiger partial charge in [-0.15, -0.1) is 0 Å². The third kappa shape index (κ3) is 14.7. The second kappa shape index (κ2) is 14.1. The Kier molecular flexibility index (Phi) is 15.4. The van der Waals surface area contributed by atoms with Gasteiger partial charge in [0.2, 0.25) is 6.43 Å². The number of carbonyl (C=O) groups excluding carboxylic acids is 3. The first-order valence-corrected chi connectivity index (χ1v) is 14.2. The van der Waals surface area contributed by atoms with Crippen LogP contribution < -0.4 is 4.90 Å². The van der Waals surface area contributed by atoms with Crippen molar-refractivity contribution in [2.75, 3.05) is 39.5 Å². The summed E-state index contributed by atoms with van der Waals surface area (Å²) in [5.41, 5.74) is 0. The molecule has 7 nitrogen and oxygen atoms in total. The van der Waals surface area contributed by atoms with Crippen molar-refractivity contribution in [3.05, 3.63) is 0 Å². The first-order valence-electron chi connectivity index (χ1n) is 7.10. The van der Waals surface area contributed by atoms with Crippen LogP contribution in [0.4, 0.5) is 0 Å². The highest BCUT2D eigenvalue weighted by molar-refractivity contribution is 9.40. The Morgan fingerprint density at radius 1 is 0.536 bits per heavy atom. The number of ether oxygens (including phenoxy) is 3. The van der Waals surface area contributed by atoms with Crippen molar-refractivity contribution < 1.29 is 33.5 Å². The maximum absolute atomic E-state index is 11.7. The molecule has 0 aromatic carbocycles. The topological polar surface area (TPSA) is 83.3 Å². The third-order valence-electron chi connectivity index (χ3n) is 2.76. The zero-order valence-electron chi connectivity index (χ0n) is 13.6. The Hall–Kier alpha value is 2.69. The molecular formula is C12H13Br9NO6+. The van der Waals surface area contributed by atoms with Gasteiger partial charge in [-0.1, -0.05) is 0 Å². The minimum Gasteiger partial charge on any atom is -0.457 e. The summed E-state index contributed by atoms with van der Waals surface area (Å²) in [5.74, 6) is -1.64. The second-order valence-electron chi connectivity index (χ2n) is 4.90. The average molecular weight is 986 g/mol. The number of alkyl halides is 9. The molecule has 0 heterocycles. The van der Waals surface area contributed by atoms with Crippen LogP contribution in [0.15, 0.2) is 0 Å². The average Bonchev–Trinajstić information content (AvgIpc) is 2.51. The molecule has 0 saturated carbocycles. The molecule has 0 atom stereocenters. The van der Waals surface area contributed by atoms with Gasteiger partial charge in [0, 0.05) is 0 Å². The summed E-state index contributed by atoms with van der Waals surface area (Å²) in [4.78, 5) is 36.1. The number of esters is 3. The van der Waals surface area contributed by atoms with E-state index < -0.39 is 24.3 Å². The Morgan fingerprint density at radius 3 is 0.929 bits per heavy atom. The van der Waals surface area contributed by atoms with E-state index in [1.807, 2.05) is 0 Å². The molecule has 164 valence electrons. The molecule has 0 aromatic heterocycles. The normalized spacial score (nSPS) is 12.6. The summed E-state index contributed by atoms with van der Waals surface area (Å²) >= 11 is 27.7. The molecule has 0 radical (unpaired) electrons. The van der Waals surface area contributed by atoms with Crippen LogP contribution in [-0.4, -0.2) is 63.8 Å². The summed E-state index contributed by atoms with van der Waals surface area (Å²) in [6.07, 6.45) is 0. The van der Waals surface area contributed by atoms with E-state index >= 15 is 0 Å². The van der Waals surface area contributed by atoms with E-state index in [-0.39, 0.29) is 19.8 Å². The first kappa shape index (κ1) is 30.7. The van der Waals surface area contributed by atoms with E-state index in [0.29, 0.717) is 19.6 Å². The number of carbonyl (C=O) groups is 3. The summed E-state index contributed by atoms with van der Waals surface area (Å²) in [7, 11) is 0. The van der Waals surface area contributed by atoms with Gasteiger partial charge in [-0.3, -0.25) is 0 Å². The standard InChI is InChI=1S/C12H12Br9NO6/c13-10(14,15)7(23)26-4-1-22(2-5-27-8(24)11(16,17)18)3-6-28-9(25)12(19,20)21/h1-6H2/p+1. The molecule has 1 N–H and O–H groups in total. The van der Waals surface area contributed by atoms with Crippen molar-refractivity contribution >= 4 is 161 Å². The predicted octanol–water partition coefficient (Wildman–Crippen LogP) is 4.02. The van der Waals surface area contributed by atoms with Crippen LogP contribution in [0.1, 0.15) is 0 Å². The van der Waals surface area contributed by atoms with E-state index in [1.165, 1.54) is 0 Å². The maximum Gasteiger partial charge on any atom is 0.345 e. The smallest absolute Gasteiger partial charge is 0.345 e. The zero-order valence-corrected chi connectivity index (χ0v) is 27.9. The molecule has 0 aliphatic rings. The van der Waals surface area contributed by atoms with E-state index in [9.17, 15) is 14.4 Å². The van der Waals surface area contributed by atoms with Gasteiger partial charge in [-0.2, -0.15) is 0 Å². The van der Waals surface area contributed by atoms with Crippen LogP contribution in [0.5, 0.6) is 0 Å². The van der Waals surface area contributed by atoms with Crippen molar-refractivity contribution in [2.24, 2.45) is 0 Å².